The predicted molar refractivity (Wildman–Crippen MR) is 77.6 cm³/mol. The van der Waals surface area contributed by atoms with Crippen LogP contribution in [0.25, 0.3) is 0 Å². The van der Waals surface area contributed by atoms with Crippen LogP contribution in [-0.4, -0.2) is 60.2 Å². The number of nitrogen functional groups attached to an aromatic ring is 1. The van der Waals surface area contributed by atoms with Crippen molar-refractivity contribution in [2.75, 3.05) is 44.5 Å². The van der Waals surface area contributed by atoms with Crippen LogP contribution in [0.5, 0.6) is 0 Å². The summed E-state index contributed by atoms with van der Waals surface area (Å²) < 4.78 is 10.2. The summed E-state index contributed by atoms with van der Waals surface area (Å²) in [6, 6.07) is 1.20. The van der Waals surface area contributed by atoms with Gasteiger partial charge in [0.15, 0.2) is 5.82 Å². The molecular weight excluding hydrogens is 274 g/mol. The Kier molecular flexibility index (Phi) is 5.29. The van der Waals surface area contributed by atoms with Crippen LogP contribution in [0.1, 0.15) is 12.7 Å². The van der Waals surface area contributed by atoms with Gasteiger partial charge in [-0.3, -0.25) is 4.79 Å². The van der Waals surface area contributed by atoms with E-state index in [0.29, 0.717) is 43.8 Å². The molecule has 116 valence electrons. The lowest BCUT2D eigenvalue weighted by Gasteiger charge is -2.29. The molecule has 0 spiro atoms. The molecule has 1 atom stereocenters. The molecule has 0 saturated carbocycles. The van der Waals surface area contributed by atoms with E-state index < -0.39 is 6.04 Å². The van der Waals surface area contributed by atoms with Gasteiger partial charge in [-0.15, -0.1) is 0 Å². The standard InChI is InChI=1S/C13H21N5O3/c1-9(13(19)18-3-5-21-6-4-18)15-11-7-10(14)16-12(17-11)8-20-2/h7,9H,3-6,8H2,1-2H3,(H3,14,15,16,17). The largest absolute Gasteiger partial charge is 0.384 e. The quantitative estimate of drug-likeness (QED) is 0.779. The molecule has 2 heterocycles. The third kappa shape index (κ3) is 4.27. The highest BCUT2D eigenvalue weighted by molar-refractivity contribution is 5.84. The van der Waals surface area contributed by atoms with Crippen LogP contribution < -0.4 is 11.1 Å². The van der Waals surface area contributed by atoms with Gasteiger partial charge in [-0.25, -0.2) is 9.97 Å². The maximum Gasteiger partial charge on any atom is 0.244 e. The van der Waals surface area contributed by atoms with Crippen LogP contribution in [-0.2, 0) is 20.9 Å². The number of hydrogen-bond acceptors (Lipinski definition) is 7. The van der Waals surface area contributed by atoms with E-state index in [9.17, 15) is 4.79 Å². The molecule has 21 heavy (non-hydrogen) atoms. The van der Waals surface area contributed by atoms with Crippen molar-refractivity contribution in [3.63, 3.8) is 0 Å². The molecule has 1 saturated heterocycles. The number of nitrogens with one attached hydrogen (secondary N) is 1. The van der Waals surface area contributed by atoms with Gasteiger partial charge >= 0.3 is 0 Å². The van der Waals surface area contributed by atoms with E-state index in [1.807, 2.05) is 0 Å². The molecule has 1 aliphatic rings. The molecule has 8 nitrogen and oxygen atoms in total. The molecule has 0 aromatic carbocycles. The molecule has 1 amide bonds. The zero-order chi connectivity index (χ0) is 15.2. The highest BCUT2D eigenvalue weighted by Gasteiger charge is 2.22. The van der Waals surface area contributed by atoms with E-state index >= 15 is 0 Å². The molecule has 2 rings (SSSR count). The molecule has 1 aliphatic heterocycles. The minimum Gasteiger partial charge on any atom is -0.384 e. The predicted octanol–water partition coefficient (Wildman–Crippen LogP) is -0.136. The summed E-state index contributed by atoms with van der Waals surface area (Å²) in [5, 5.41) is 3.06. The number of carbonyl (C=O) groups is 1. The molecule has 1 aromatic rings. The Hall–Kier alpha value is -1.93. The number of amides is 1. The fourth-order valence-electron chi connectivity index (χ4n) is 2.13. The Morgan fingerprint density at radius 2 is 2.24 bits per heavy atom. The van der Waals surface area contributed by atoms with Gasteiger partial charge in [0, 0.05) is 26.3 Å². The molecule has 8 heteroatoms. The Morgan fingerprint density at radius 1 is 1.52 bits per heavy atom. The van der Waals surface area contributed by atoms with Gasteiger partial charge in [0.05, 0.1) is 13.2 Å². The summed E-state index contributed by atoms with van der Waals surface area (Å²) in [6.07, 6.45) is 0. The van der Waals surface area contributed by atoms with E-state index in [1.165, 1.54) is 0 Å². The van der Waals surface area contributed by atoms with Gasteiger partial charge in [-0.05, 0) is 6.92 Å². The lowest BCUT2D eigenvalue weighted by molar-refractivity contribution is -0.135. The normalized spacial score (nSPS) is 16.6. The number of morpholine rings is 1. The fraction of sp³-hybridized carbons (Fsp3) is 0.615. The summed E-state index contributed by atoms with van der Waals surface area (Å²) in [5.41, 5.74) is 5.73. The van der Waals surface area contributed by atoms with E-state index in [-0.39, 0.29) is 12.5 Å². The van der Waals surface area contributed by atoms with Crippen LogP contribution in [0.15, 0.2) is 6.07 Å². The number of nitrogens with two attached hydrogens (primary N) is 1. The van der Waals surface area contributed by atoms with Crippen molar-refractivity contribution in [3.8, 4) is 0 Å². The van der Waals surface area contributed by atoms with Crippen molar-refractivity contribution in [2.45, 2.75) is 19.6 Å². The van der Waals surface area contributed by atoms with E-state index in [1.54, 1.807) is 25.0 Å². The number of hydrogen-bond donors (Lipinski definition) is 2. The van der Waals surface area contributed by atoms with Crippen LogP contribution in [0.4, 0.5) is 11.6 Å². The van der Waals surface area contributed by atoms with Crippen molar-refractivity contribution in [1.29, 1.82) is 0 Å². The minimum absolute atomic E-state index is 0.0174. The van der Waals surface area contributed by atoms with Crippen LogP contribution in [0.2, 0.25) is 0 Å². The maximum atomic E-state index is 12.3. The van der Waals surface area contributed by atoms with Crippen LogP contribution >= 0.6 is 0 Å². The first kappa shape index (κ1) is 15.5. The van der Waals surface area contributed by atoms with Gasteiger partial charge < -0.3 is 25.4 Å². The van der Waals surface area contributed by atoms with Crippen molar-refractivity contribution in [2.24, 2.45) is 0 Å². The van der Waals surface area contributed by atoms with E-state index in [4.69, 9.17) is 15.2 Å². The first-order valence-corrected chi connectivity index (χ1v) is 6.85. The van der Waals surface area contributed by atoms with E-state index in [0.717, 1.165) is 0 Å². The summed E-state index contributed by atoms with van der Waals surface area (Å²) in [4.78, 5) is 22.4. The number of nitrogens with zero attached hydrogens (tertiary/aromatic N) is 3. The highest BCUT2D eigenvalue weighted by Crippen LogP contribution is 2.11. The second-order valence-electron chi connectivity index (χ2n) is 4.83. The van der Waals surface area contributed by atoms with Crippen LogP contribution in [0.3, 0.4) is 0 Å². The highest BCUT2D eigenvalue weighted by atomic mass is 16.5. The van der Waals surface area contributed by atoms with Gasteiger partial charge in [0.1, 0.15) is 24.3 Å². The van der Waals surface area contributed by atoms with Gasteiger partial charge in [-0.2, -0.15) is 0 Å². The average Bonchev–Trinajstić information content (AvgIpc) is 2.47. The zero-order valence-electron chi connectivity index (χ0n) is 12.3. The molecule has 0 radical (unpaired) electrons. The lowest BCUT2D eigenvalue weighted by Crippen LogP contribution is -2.47. The number of ether oxygens (including phenoxy) is 2. The molecule has 1 aromatic heterocycles. The van der Waals surface area contributed by atoms with Gasteiger partial charge in [0.2, 0.25) is 5.91 Å². The smallest absolute Gasteiger partial charge is 0.244 e. The molecular formula is C13H21N5O3. The lowest BCUT2D eigenvalue weighted by atomic mass is 10.2. The number of rotatable bonds is 5. The monoisotopic (exact) mass is 295 g/mol. The summed E-state index contributed by atoms with van der Waals surface area (Å²) in [5.74, 6) is 1.35. The molecule has 0 aliphatic carbocycles. The molecule has 1 unspecified atom stereocenters. The number of methoxy groups -OCH3 is 1. The number of aromatic nitrogens is 2. The minimum atomic E-state index is -0.396. The fourth-order valence-corrected chi connectivity index (χ4v) is 2.13. The number of carbonyl (C=O) groups excluding carboxylic acids is 1. The number of anilines is 2. The Bertz CT molecular complexity index is 491. The molecule has 1 fully saturated rings. The Labute approximate surface area is 123 Å². The third-order valence-corrected chi connectivity index (χ3v) is 3.12. The zero-order valence-corrected chi connectivity index (χ0v) is 12.3. The second kappa shape index (κ2) is 7.19. The topological polar surface area (TPSA) is 103 Å². The van der Waals surface area contributed by atoms with Crippen molar-refractivity contribution in [1.82, 2.24) is 14.9 Å². The van der Waals surface area contributed by atoms with Crippen molar-refractivity contribution < 1.29 is 14.3 Å². The summed E-state index contributed by atoms with van der Waals surface area (Å²) in [6.45, 7) is 4.46. The Balaban J connectivity index is 2.01. The van der Waals surface area contributed by atoms with E-state index in [2.05, 4.69) is 15.3 Å². The van der Waals surface area contributed by atoms with Crippen molar-refractivity contribution >= 4 is 17.5 Å². The summed E-state index contributed by atoms with van der Waals surface area (Å²) in [7, 11) is 1.56. The van der Waals surface area contributed by atoms with Gasteiger partial charge in [-0.1, -0.05) is 0 Å². The molecule has 3 N–H and O–H groups in total. The SMILES string of the molecule is COCc1nc(N)cc(NC(C)C(=O)N2CCOCC2)n1. The summed E-state index contributed by atoms with van der Waals surface area (Å²) >= 11 is 0. The maximum absolute atomic E-state index is 12.3. The van der Waals surface area contributed by atoms with Crippen molar-refractivity contribution in [3.05, 3.63) is 11.9 Å². The first-order valence-electron chi connectivity index (χ1n) is 6.85. The Morgan fingerprint density at radius 3 is 2.90 bits per heavy atom. The first-order chi connectivity index (χ1) is 10.1. The van der Waals surface area contributed by atoms with Crippen LogP contribution in [0, 0.1) is 0 Å². The molecule has 0 bridgehead atoms. The third-order valence-electron chi connectivity index (χ3n) is 3.12. The van der Waals surface area contributed by atoms with Gasteiger partial charge in [0.25, 0.3) is 0 Å². The average molecular weight is 295 g/mol. The second-order valence-corrected chi connectivity index (χ2v) is 4.83.